The number of hydrogen-bond donors (Lipinski definition) is 2. The molecule has 0 aliphatic heterocycles. The first kappa shape index (κ1) is 27.8. The molecule has 0 saturated carbocycles. The first-order valence-corrected chi connectivity index (χ1v) is 11.0. The number of ether oxygens (including phenoxy) is 3. The monoisotopic (exact) mass is 501 g/mol. The predicted molar refractivity (Wildman–Crippen MR) is 126 cm³/mol. The summed E-state index contributed by atoms with van der Waals surface area (Å²) < 4.78 is 15.1. The maximum absolute atomic E-state index is 11.9. The van der Waals surface area contributed by atoms with Crippen LogP contribution in [0.2, 0.25) is 0 Å². The molecule has 0 bridgehead atoms. The standard InChI is InChI=1S/C25H27NO10/c1-16(2)25(31)36-15-19-7-5-18(12-20(19)26(32)33)14-35-24(30)10-9-23(29)34-11-3-4-17-6-8-21(27)22(28)13-17/h5-8,12-13,27-28H,1,3-4,9-11,14-15H2,2H3. The van der Waals surface area contributed by atoms with Crippen molar-refractivity contribution in [3.8, 4) is 11.5 Å². The van der Waals surface area contributed by atoms with Gasteiger partial charge in [0, 0.05) is 11.6 Å². The number of nitrogens with zero attached hydrogens (tertiary/aromatic N) is 1. The molecular formula is C25H27NO10. The number of phenols is 2. The summed E-state index contributed by atoms with van der Waals surface area (Å²) >= 11 is 0. The van der Waals surface area contributed by atoms with Gasteiger partial charge in [-0.25, -0.2) is 4.79 Å². The molecule has 0 atom stereocenters. The molecule has 0 unspecified atom stereocenters. The van der Waals surface area contributed by atoms with Crippen LogP contribution in [0.15, 0.2) is 48.6 Å². The van der Waals surface area contributed by atoms with Crippen LogP contribution in [0.5, 0.6) is 11.5 Å². The number of esters is 3. The van der Waals surface area contributed by atoms with Crippen LogP contribution in [-0.2, 0) is 48.2 Å². The minimum atomic E-state index is -0.673. The maximum atomic E-state index is 11.9. The molecule has 2 aromatic carbocycles. The van der Waals surface area contributed by atoms with Crippen molar-refractivity contribution >= 4 is 23.6 Å². The zero-order chi connectivity index (χ0) is 26.7. The molecule has 0 aliphatic carbocycles. The van der Waals surface area contributed by atoms with Crippen molar-refractivity contribution in [1.29, 1.82) is 0 Å². The van der Waals surface area contributed by atoms with Crippen LogP contribution in [-0.4, -0.2) is 39.7 Å². The van der Waals surface area contributed by atoms with Gasteiger partial charge in [-0.3, -0.25) is 19.7 Å². The van der Waals surface area contributed by atoms with Gasteiger partial charge in [0.05, 0.1) is 29.9 Å². The van der Waals surface area contributed by atoms with Gasteiger partial charge in [-0.1, -0.05) is 18.7 Å². The Morgan fingerprint density at radius 2 is 1.58 bits per heavy atom. The summed E-state index contributed by atoms with van der Waals surface area (Å²) in [6, 6.07) is 8.58. The minimum Gasteiger partial charge on any atom is -0.504 e. The summed E-state index contributed by atoms with van der Waals surface area (Å²) in [6.07, 6.45) is 0.597. The van der Waals surface area contributed by atoms with E-state index >= 15 is 0 Å². The molecule has 2 N–H and O–H groups in total. The molecule has 0 aliphatic rings. The lowest BCUT2D eigenvalue weighted by atomic mass is 10.1. The highest BCUT2D eigenvalue weighted by Gasteiger charge is 2.17. The molecule has 11 nitrogen and oxygen atoms in total. The van der Waals surface area contributed by atoms with Crippen molar-refractivity contribution < 1.29 is 43.7 Å². The van der Waals surface area contributed by atoms with Crippen LogP contribution in [0.1, 0.15) is 42.9 Å². The van der Waals surface area contributed by atoms with Gasteiger partial charge in [0.25, 0.3) is 5.69 Å². The van der Waals surface area contributed by atoms with Crippen LogP contribution in [0.4, 0.5) is 5.69 Å². The summed E-state index contributed by atoms with van der Waals surface area (Å²) in [5.41, 5.74) is 1.18. The smallest absolute Gasteiger partial charge is 0.333 e. The molecule has 0 amide bonds. The van der Waals surface area contributed by atoms with Gasteiger partial charge in [0.1, 0.15) is 13.2 Å². The topological polar surface area (TPSA) is 163 Å². The van der Waals surface area contributed by atoms with Gasteiger partial charge in [-0.15, -0.1) is 0 Å². The Morgan fingerprint density at radius 3 is 2.22 bits per heavy atom. The van der Waals surface area contributed by atoms with Crippen LogP contribution in [0.3, 0.4) is 0 Å². The van der Waals surface area contributed by atoms with Gasteiger partial charge in [0.2, 0.25) is 0 Å². The number of hydrogen-bond acceptors (Lipinski definition) is 10. The van der Waals surface area contributed by atoms with E-state index in [1.165, 1.54) is 37.3 Å². The van der Waals surface area contributed by atoms with Crippen LogP contribution in [0, 0.1) is 10.1 Å². The lowest BCUT2D eigenvalue weighted by Crippen LogP contribution is -2.11. The highest BCUT2D eigenvalue weighted by Crippen LogP contribution is 2.25. The quantitative estimate of drug-likeness (QED) is 0.0788. The highest BCUT2D eigenvalue weighted by atomic mass is 16.6. The van der Waals surface area contributed by atoms with E-state index in [0.717, 1.165) is 5.56 Å². The number of rotatable bonds is 13. The SMILES string of the molecule is C=C(C)C(=O)OCc1ccc(COC(=O)CCC(=O)OCCCc2ccc(O)c(O)c2)cc1[N+](=O)[O-]. The number of carbonyl (C=O) groups is 3. The predicted octanol–water partition coefficient (Wildman–Crippen LogP) is 3.62. The third-order valence-electron chi connectivity index (χ3n) is 4.90. The average molecular weight is 501 g/mol. The number of nitro groups is 1. The average Bonchev–Trinajstić information content (AvgIpc) is 2.84. The number of phenolic OH excluding ortho intramolecular Hbond substituents is 2. The van der Waals surface area contributed by atoms with Gasteiger partial charge in [-0.05, 0) is 49.1 Å². The van der Waals surface area contributed by atoms with Crippen molar-refractivity contribution in [2.75, 3.05) is 6.61 Å². The zero-order valence-electron chi connectivity index (χ0n) is 19.7. The summed E-state index contributed by atoms with van der Waals surface area (Å²) in [7, 11) is 0. The van der Waals surface area contributed by atoms with Gasteiger partial charge < -0.3 is 24.4 Å². The summed E-state index contributed by atoms with van der Waals surface area (Å²) in [4.78, 5) is 46.0. The fourth-order valence-electron chi connectivity index (χ4n) is 2.96. The van der Waals surface area contributed by atoms with Crippen LogP contribution in [0.25, 0.3) is 0 Å². The van der Waals surface area contributed by atoms with E-state index in [0.29, 0.717) is 18.4 Å². The summed E-state index contributed by atoms with van der Waals surface area (Å²) in [6.45, 7) is 4.48. The Balaban J connectivity index is 1.73. The summed E-state index contributed by atoms with van der Waals surface area (Å²) in [5, 5.41) is 30.1. The second-order valence-corrected chi connectivity index (χ2v) is 7.88. The van der Waals surface area contributed by atoms with Crippen molar-refractivity contribution in [2.24, 2.45) is 0 Å². The van der Waals surface area contributed by atoms with E-state index in [4.69, 9.17) is 14.2 Å². The maximum Gasteiger partial charge on any atom is 0.333 e. The largest absolute Gasteiger partial charge is 0.504 e. The molecule has 192 valence electrons. The van der Waals surface area contributed by atoms with Crippen molar-refractivity contribution in [3.05, 3.63) is 75.4 Å². The number of nitro benzene ring substituents is 1. The Kier molecular flexibility index (Phi) is 10.4. The number of carbonyl (C=O) groups excluding carboxylic acids is 3. The number of aryl methyl sites for hydroxylation is 1. The third-order valence-corrected chi connectivity index (χ3v) is 4.90. The molecule has 0 aromatic heterocycles. The first-order chi connectivity index (χ1) is 17.1. The summed E-state index contributed by atoms with van der Waals surface area (Å²) in [5.74, 6) is -2.36. The van der Waals surface area contributed by atoms with E-state index in [2.05, 4.69) is 6.58 Å². The molecule has 0 spiro atoms. The fourth-order valence-corrected chi connectivity index (χ4v) is 2.96. The number of benzene rings is 2. The van der Waals surface area contributed by atoms with Crippen LogP contribution < -0.4 is 0 Å². The second-order valence-electron chi connectivity index (χ2n) is 7.88. The Morgan fingerprint density at radius 1 is 0.917 bits per heavy atom. The number of aromatic hydroxyl groups is 2. The van der Waals surface area contributed by atoms with Gasteiger partial charge in [-0.2, -0.15) is 0 Å². The normalized spacial score (nSPS) is 10.4. The fraction of sp³-hybridized carbons (Fsp3) is 0.320. The molecular weight excluding hydrogens is 474 g/mol. The molecule has 0 fully saturated rings. The van der Waals surface area contributed by atoms with Gasteiger partial charge >= 0.3 is 17.9 Å². The van der Waals surface area contributed by atoms with Crippen LogP contribution >= 0.6 is 0 Å². The Labute approximate surface area is 207 Å². The van der Waals surface area contributed by atoms with Crippen molar-refractivity contribution in [1.82, 2.24) is 0 Å². The van der Waals surface area contributed by atoms with E-state index in [9.17, 15) is 34.7 Å². The molecule has 11 heteroatoms. The van der Waals surface area contributed by atoms with E-state index < -0.39 is 22.8 Å². The molecule has 36 heavy (non-hydrogen) atoms. The lowest BCUT2D eigenvalue weighted by molar-refractivity contribution is -0.385. The Hall–Kier alpha value is -4.41. The third kappa shape index (κ3) is 9.09. The van der Waals surface area contributed by atoms with E-state index in [-0.39, 0.29) is 61.0 Å². The molecule has 2 rings (SSSR count). The first-order valence-electron chi connectivity index (χ1n) is 11.0. The van der Waals surface area contributed by atoms with E-state index in [1.807, 2.05) is 0 Å². The van der Waals surface area contributed by atoms with E-state index in [1.54, 1.807) is 6.07 Å². The Bertz CT molecular complexity index is 1140. The zero-order valence-corrected chi connectivity index (χ0v) is 19.7. The molecule has 0 radical (unpaired) electrons. The lowest BCUT2D eigenvalue weighted by Gasteiger charge is -2.09. The van der Waals surface area contributed by atoms with Crippen molar-refractivity contribution in [3.63, 3.8) is 0 Å². The molecule has 2 aromatic rings. The second kappa shape index (κ2) is 13.5. The van der Waals surface area contributed by atoms with Crippen molar-refractivity contribution in [2.45, 2.75) is 45.8 Å². The highest BCUT2D eigenvalue weighted by molar-refractivity contribution is 5.86. The van der Waals surface area contributed by atoms with Gasteiger partial charge in [0.15, 0.2) is 11.5 Å². The minimum absolute atomic E-state index is 0.118. The molecule has 0 saturated heterocycles. The molecule has 0 heterocycles.